The summed E-state index contributed by atoms with van der Waals surface area (Å²) in [6.45, 7) is 0. The average Bonchev–Trinajstić information content (AvgIpc) is 1.61. The molecule has 0 aromatic carbocycles. The molecule has 0 bridgehead atoms. The quantitative estimate of drug-likeness (QED) is 0.263. The first-order valence-corrected chi connectivity index (χ1v) is 1.03. The molecule has 0 radical (unpaired) electrons. The maximum atomic E-state index is 7.52. The van der Waals surface area contributed by atoms with Crippen molar-refractivity contribution >= 4 is 0 Å². The lowest BCUT2D eigenvalue weighted by Crippen LogP contribution is -1.75. The maximum Gasteiger partial charge on any atom is 0.204 e. The van der Waals surface area contributed by atoms with E-state index in [4.69, 9.17) is 10.4 Å². The van der Waals surface area contributed by atoms with Gasteiger partial charge < -0.3 is 5.11 Å². The van der Waals surface area contributed by atoms with Crippen LogP contribution in [0.2, 0.25) is 0 Å². The number of aliphatic hydroxyl groups excluding tert-OH is 1. The van der Waals surface area contributed by atoms with E-state index in [1.54, 1.807) is 0 Å². The molecule has 34 valence electrons. The van der Waals surface area contributed by atoms with Gasteiger partial charge in [0.25, 0.3) is 0 Å². The van der Waals surface area contributed by atoms with Crippen LogP contribution in [0.5, 0.6) is 0 Å². The van der Waals surface area contributed by atoms with Crippen molar-refractivity contribution in [2.24, 2.45) is 0 Å². The molecular weight excluding hydrogens is 88.0 g/mol. The molecule has 0 aliphatic heterocycles. The van der Waals surface area contributed by atoms with Crippen LogP contribution in [-0.4, -0.2) is 10.4 Å². The topological polar surface area (TPSA) is 58.9 Å². The lowest BCUT2D eigenvalue weighted by atomic mass is 11.2. The largest absolute Gasteiger partial charge is 0.460 e. The molecule has 0 aliphatic rings. The van der Waals surface area contributed by atoms with Crippen LogP contribution < -0.4 is 0 Å². The van der Waals surface area contributed by atoms with Crippen molar-refractivity contribution in [1.82, 2.24) is 0 Å². The molecule has 2 N–H and O–H groups in total. The van der Waals surface area contributed by atoms with Crippen LogP contribution >= 0.6 is 0 Å². The van der Waals surface area contributed by atoms with Crippen molar-refractivity contribution < 1.29 is 20.3 Å². The third kappa shape index (κ3) is 3.08. The van der Waals surface area contributed by atoms with Crippen molar-refractivity contribution in [3.8, 4) is 12.2 Å². The highest BCUT2D eigenvalue weighted by atomic mass is 17.5. The molecule has 0 aromatic rings. The average molecular weight is 90.0 g/mol. The summed E-state index contributed by atoms with van der Waals surface area (Å²) in [5.74, 6) is 0. The van der Waals surface area contributed by atoms with Gasteiger partial charge in [0, 0.05) is 0 Å². The molecule has 0 amide bonds. The van der Waals surface area contributed by atoms with Gasteiger partial charge in [0.05, 0.1) is 0 Å². The van der Waals surface area contributed by atoms with Crippen molar-refractivity contribution in [2.75, 3.05) is 0 Å². The maximum absolute atomic E-state index is 7.52. The van der Waals surface area contributed by atoms with Crippen LogP contribution in [0.1, 0.15) is 0 Å². The molecule has 0 spiro atoms. The van der Waals surface area contributed by atoms with Crippen LogP contribution in [-0.2, 0) is 9.93 Å². The zero-order valence-electron chi connectivity index (χ0n) is 2.71. The lowest BCUT2D eigenvalue weighted by molar-refractivity contribution is -0.458. The smallest absolute Gasteiger partial charge is 0.204 e. The minimum atomic E-state index is 1.31. The second kappa shape index (κ2) is 4.08. The third-order valence-electron chi connectivity index (χ3n) is 0.125. The van der Waals surface area contributed by atoms with Gasteiger partial charge in [-0.05, 0) is 5.04 Å². The second-order valence-electron chi connectivity index (χ2n) is 0.372. The van der Waals surface area contributed by atoms with Crippen molar-refractivity contribution in [1.29, 1.82) is 0 Å². The van der Waals surface area contributed by atoms with Crippen LogP contribution in [0, 0.1) is 12.2 Å². The predicted molar refractivity (Wildman–Crippen MR) is 14.5 cm³/mol. The number of aliphatic hydroxyl groups is 1. The molecule has 0 rings (SSSR count). The number of rotatable bonds is 1. The Morgan fingerprint density at radius 2 is 2.17 bits per heavy atom. The molecular formula is C2H2O4. The summed E-state index contributed by atoms with van der Waals surface area (Å²) in [5, 5.41) is 17.7. The Morgan fingerprint density at radius 3 is 2.33 bits per heavy atom. The van der Waals surface area contributed by atoms with E-state index >= 15 is 0 Å². The lowest BCUT2D eigenvalue weighted by Gasteiger charge is -1.76. The zero-order valence-corrected chi connectivity index (χ0v) is 2.71. The van der Waals surface area contributed by atoms with Gasteiger partial charge in [-0.25, -0.2) is 10.1 Å². The van der Waals surface area contributed by atoms with Gasteiger partial charge in [-0.3, -0.25) is 0 Å². The van der Waals surface area contributed by atoms with E-state index in [-0.39, 0.29) is 0 Å². The van der Waals surface area contributed by atoms with Crippen LogP contribution in [0.25, 0.3) is 0 Å². The van der Waals surface area contributed by atoms with Crippen molar-refractivity contribution in [3.63, 3.8) is 0 Å². The monoisotopic (exact) mass is 90.0 g/mol. The van der Waals surface area contributed by atoms with Gasteiger partial charge in [0.1, 0.15) is 0 Å². The van der Waals surface area contributed by atoms with E-state index in [9.17, 15) is 0 Å². The van der Waals surface area contributed by atoms with E-state index in [1.807, 2.05) is 0 Å². The van der Waals surface area contributed by atoms with Gasteiger partial charge >= 0.3 is 0 Å². The van der Waals surface area contributed by atoms with E-state index < -0.39 is 0 Å². The molecule has 0 fully saturated rings. The Hall–Kier alpha value is -0.920. The highest BCUT2D eigenvalue weighted by Crippen LogP contribution is 1.60. The Kier molecular flexibility index (Phi) is 3.45. The fourth-order valence-corrected chi connectivity index (χ4v) is 0.0373. The summed E-state index contributed by atoms with van der Waals surface area (Å²) in [6.07, 6.45) is 2.84. The van der Waals surface area contributed by atoms with Crippen LogP contribution in [0.4, 0.5) is 0 Å². The first-order chi connectivity index (χ1) is 2.91. The Morgan fingerprint density at radius 1 is 1.50 bits per heavy atom. The van der Waals surface area contributed by atoms with Crippen LogP contribution in [0.15, 0.2) is 0 Å². The van der Waals surface area contributed by atoms with Gasteiger partial charge in [-0.2, -0.15) is 0 Å². The summed E-state index contributed by atoms with van der Waals surface area (Å²) < 4.78 is 0. The normalized spacial score (nSPS) is 5.50. The van der Waals surface area contributed by atoms with Crippen LogP contribution in [0.3, 0.4) is 0 Å². The molecule has 0 aliphatic carbocycles. The van der Waals surface area contributed by atoms with Gasteiger partial charge in [0.2, 0.25) is 6.11 Å². The summed E-state index contributed by atoms with van der Waals surface area (Å²) in [7, 11) is 0. The summed E-state index contributed by atoms with van der Waals surface area (Å²) in [4.78, 5) is 3.43. The summed E-state index contributed by atoms with van der Waals surface area (Å²) in [6, 6.07) is 0. The molecule has 0 saturated carbocycles. The highest BCUT2D eigenvalue weighted by Gasteiger charge is 1.62. The van der Waals surface area contributed by atoms with Crippen molar-refractivity contribution in [3.05, 3.63) is 0 Å². The Labute approximate surface area is 33.8 Å². The van der Waals surface area contributed by atoms with E-state index in [0.29, 0.717) is 0 Å². The Bertz CT molecular complexity index is 67.4. The van der Waals surface area contributed by atoms with Gasteiger partial charge in [0.15, 0.2) is 6.11 Å². The standard InChI is InChI=1S/C2H2O4/c3-1-2-5-6-4/h3-4H. The summed E-state index contributed by atoms with van der Waals surface area (Å²) in [5.41, 5.74) is 0. The van der Waals surface area contributed by atoms with E-state index in [1.165, 1.54) is 12.2 Å². The zero-order chi connectivity index (χ0) is 4.83. The third-order valence-corrected chi connectivity index (χ3v) is 0.125. The molecule has 4 nitrogen and oxygen atoms in total. The highest BCUT2D eigenvalue weighted by molar-refractivity contribution is 4.74. The summed E-state index contributed by atoms with van der Waals surface area (Å²) >= 11 is 0. The molecule has 0 atom stereocenters. The molecule has 0 unspecified atom stereocenters. The van der Waals surface area contributed by atoms with Gasteiger partial charge in [-0.15, -0.1) is 0 Å². The first kappa shape index (κ1) is 5.08. The molecule has 0 saturated heterocycles. The fourth-order valence-electron chi connectivity index (χ4n) is 0.0373. The second-order valence-corrected chi connectivity index (χ2v) is 0.372. The number of hydrogen-bond donors (Lipinski definition) is 2. The minimum Gasteiger partial charge on any atom is -0.460 e. The predicted octanol–water partition coefficient (Wildman–Crippen LogP) is -0.302. The molecule has 4 heteroatoms. The van der Waals surface area contributed by atoms with E-state index in [0.717, 1.165) is 0 Å². The van der Waals surface area contributed by atoms with Crippen molar-refractivity contribution in [2.45, 2.75) is 0 Å². The van der Waals surface area contributed by atoms with E-state index in [2.05, 4.69) is 9.93 Å². The van der Waals surface area contributed by atoms with Gasteiger partial charge in [-0.1, -0.05) is 0 Å². The first-order valence-electron chi connectivity index (χ1n) is 1.03. The minimum absolute atomic E-state index is 1.31. The fraction of sp³-hybridized carbons (Fsp3) is 0. The number of hydrogen-bond acceptors (Lipinski definition) is 4. The molecule has 0 aromatic heterocycles. The molecule has 6 heavy (non-hydrogen) atoms. The SMILES string of the molecule is OC#COOO. The molecule has 0 heterocycles. The Balaban J connectivity index is 2.79.